The van der Waals surface area contributed by atoms with Crippen LogP contribution in [0.15, 0.2) is 22.7 Å². The molecule has 0 aliphatic carbocycles. The number of amides is 1. The van der Waals surface area contributed by atoms with Crippen LogP contribution in [0.2, 0.25) is 0 Å². The number of carbonyl (C=O) groups excluding carboxylic acids is 1. The van der Waals surface area contributed by atoms with Gasteiger partial charge in [0.2, 0.25) is 12.7 Å². The van der Waals surface area contributed by atoms with Gasteiger partial charge >= 0.3 is 5.97 Å². The van der Waals surface area contributed by atoms with E-state index >= 15 is 0 Å². The van der Waals surface area contributed by atoms with Gasteiger partial charge in [0, 0.05) is 16.9 Å². The summed E-state index contributed by atoms with van der Waals surface area (Å²) < 4.78 is 11.9. The predicted octanol–water partition coefficient (Wildman–Crippen LogP) is 0.822. The first-order valence-electron chi connectivity index (χ1n) is 7.33. The summed E-state index contributed by atoms with van der Waals surface area (Å²) in [6, 6.07) is 3.35. The molecule has 0 radical (unpaired) electrons. The number of fused-ring (bicyclic) bond motifs is 2. The summed E-state index contributed by atoms with van der Waals surface area (Å²) in [6.07, 6.45) is 3.06. The van der Waals surface area contributed by atoms with Gasteiger partial charge in [-0.1, -0.05) is 0 Å². The lowest BCUT2D eigenvalue weighted by Gasteiger charge is -2.04. The molecule has 0 saturated carbocycles. The smallest absolute Gasteiger partial charge is 0.323 e. The van der Waals surface area contributed by atoms with Gasteiger partial charge in [0.1, 0.15) is 6.54 Å². The van der Waals surface area contributed by atoms with Gasteiger partial charge in [0.25, 0.3) is 5.91 Å². The van der Waals surface area contributed by atoms with Gasteiger partial charge in [-0.15, -0.1) is 11.3 Å². The Bertz CT molecular complexity index is 1170. The third kappa shape index (κ3) is 2.78. The van der Waals surface area contributed by atoms with Crippen LogP contribution in [-0.4, -0.2) is 33.4 Å². The highest BCUT2D eigenvalue weighted by Gasteiger charge is 2.19. The van der Waals surface area contributed by atoms with Crippen LogP contribution in [0.3, 0.4) is 0 Å². The van der Waals surface area contributed by atoms with Gasteiger partial charge in [-0.2, -0.15) is 0 Å². The number of hydrogen-bond acceptors (Lipinski definition) is 7. The molecule has 8 nitrogen and oxygen atoms in total. The van der Waals surface area contributed by atoms with Gasteiger partial charge in [0.05, 0.1) is 10.2 Å². The summed E-state index contributed by atoms with van der Waals surface area (Å²) in [5, 5.41) is 20.2. The van der Waals surface area contributed by atoms with Crippen molar-refractivity contribution in [2.24, 2.45) is 4.99 Å². The molecule has 132 valence electrons. The molecule has 1 aromatic carbocycles. The van der Waals surface area contributed by atoms with E-state index in [4.69, 9.17) is 26.8 Å². The van der Waals surface area contributed by atoms with Crippen molar-refractivity contribution in [1.82, 2.24) is 4.57 Å². The maximum Gasteiger partial charge on any atom is 0.323 e. The number of benzene rings is 1. The molecule has 0 spiro atoms. The van der Waals surface area contributed by atoms with Gasteiger partial charge in [-0.25, -0.2) is 4.99 Å². The molecule has 2 aromatic rings. The Morgan fingerprint density at radius 3 is 2.85 bits per heavy atom. The summed E-state index contributed by atoms with van der Waals surface area (Å²) in [7, 11) is 0. The first-order valence-corrected chi connectivity index (χ1v) is 8.55. The van der Waals surface area contributed by atoms with Gasteiger partial charge < -0.3 is 19.7 Å². The van der Waals surface area contributed by atoms with Crippen molar-refractivity contribution in [3.05, 3.63) is 37.1 Å². The first kappa shape index (κ1) is 16.5. The summed E-state index contributed by atoms with van der Waals surface area (Å²) in [6.45, 7) is -0.345. The number of thiazole rings is 1. The summed E-state index contributed by atoms with van der Waals surface area (Å²) >= 11 is 6.08. The molecule has 26 heavy (non-hydrogen) atoms. The number of ether oxygens (including phenoxy) is 2. The third-order valence-corrected chi connectivity index (χ3v) is 5.16. The van der Waals surface area contributed by atoms with Crippen LogP contribution in [0.1, 0.15) is 4.88 Å². The standard InChI is InChI=1S/C16H10N2O6S2/c19-13(20)5-18-15(22)12(26-16(18)25)3-8-1-7-2-10-11(24-6-23-10)4-9(7)17-14(8)21/h1-4,22H,5-6H2,(H,19,20)/b8-3+. The maximum absolute atomic E-state index is 12.3. The fourth-order valence-corrected chi connectivity index (χ4v) is 3.85. The molecule has 10 heteroatoms. The molecule has 0 fully saturated rings. The minimum atomic E-state index is -1.13. The number of aromatic nitrogens is 1. The number of hydrogen-bond donors (Lipinski definition) is 2. The number of rotatable bonds is 3. The lowest BCUT2D eigenvalue weighted by Crippen LogP contribution is -2.30. The first-order chi connectivity index (χ1) is 12.4. The topological polar surface area (TPSA) is 110 Å². The van der Waals surface area contributed by atoms with Crippen LogP contribution < -0.4 is 20.0 Å². The van der Waals surface area contributed by atoms with Crippen molar-refractivity contribution >= 4 is 47.6 Å². The van der Waals surface area contributed by atoms with Gasteiger partial charge in [-0.3, -0.25) is 14.2 Å². The summed E-state index contributed by atoms with van der Waals surface area (Å²) in [4.78, 5) is 27.5. The average molecular weight is 390 g/mol. The van der Waals surface area contributed by atoms with Crippen LogP contribution in [-0.2, 0) is 16.1 Å². The molecular weight excluding hydrogens is 380 g/mol. The monoisotopic (exact) mass is 390 g/mol. The normalized spacial score (nSPS) is 16.2. The van der Waals surface area contributed by atoms with E-state index in [-0.39, 0.29) is 27.1 Å². The number of carbonyl (C=O) groups is 2. The predicted molar refractivity (Wildman–Crippen MR) is 93.2 cm³/mol. The summed E-state index contributed by atoms with van der Waals surface area (Å²) in [5.41, 5.74) is 0.241. The van der Waals surface area contributed by atoms with Crippen LogP contribution in [0.4, 0.5) is 0 Å². The van der Waals surface area contributed by atoms with E-state index < -0.39 is 18.4 Å². The molecule has 0 saturated heterocycles. The molecule has 2 aliphatic rings. The average Bonchev–Trinajstić information content (AvgIpc) is 3.13. The minimum absolute atomic E-state index is 0.114. The molecule has 4 rings (SSSR count). The number of aliphatic carboxylic acids is 1. The summed E-state index contributed by atoms with van der Waals surface area (Å²) in [5.74, 6) is -0.821. The molecule has 2 aliphatic heterocycles. The zero-order valence-electron chi connectivity index (χ0n) is 13.0. The Kier molecular flexibility index (Phi) is 3.85. The van der Waals surface area contributed by atoms with Crippen molar-refractivity contribution in [3.8, 4) is 17.4 Å². The Hall–Kier alpha value is -2.98. The Morgan fingerprint density at radius 1 is 1.38 bits per heavy atom. The van der Waals surface area contributed by atoms with Crippen molar-refractivity contribution in [2.45, 2.75) is 6.54 Å². The fourth-order valence-electron chi connectivity index (χ4n) is 2.59. The molecule has 2 N–H and O–H groups in total. The van der Waals surface area contributed by atoms with Crippen molar-refractivity contribution in [2.75, 3.05) is 6.79 Å². The quantitative estimate of drug-likeness (QED) is 0.590. The molecule has 0 atom stereocenters. The van der Waals surface area contributed by atoms with E-state index in [1.807, 2.05) is 0 Å². The van der Waals surface area contributed by atoms with E-state index in [0.717, 1.165) is 15.9 Å². The van der Waals surface area contributed by atoms with Crippen LogP contribution in [0.25, 0.3) is 12.2 Å². The van der Waals surface area contributed by atoms with Crippen molar-refractivity contribution in [1.29, 1.82) is 0 Å². The van der Waals surface area contributed by atoms with Crippen LogP contribution in [0, 0.1) is 3.95 Å². The Labute approximate surface area is 154 Å². The highest BCUT2D eigenvalue weighted by molar-refractivity contribution is 7.73. The molecular formula is C16H10N2O6S2. The minimum Gasteiger partial charge on any atom is -0.493 e. The molecule has 0 unspecified atom stereocenters. The SMILES string of the molecule is O=C(O)Cn1c(O)c(/C=C2\C=c3cc4c(cc3=NC2=O)OCO4)sc1=S. The van der Waals surface area contributed by atoms with Crippen LogP contribution in [0.5, 0.6) is 17.4 Å². The zero-order valence-corrected chi connectivity index (χ0v) is 14.6. The van der Waals surface area contributed by atoms with E-state index in [1.165, 1.54) is 6.08 Å². The lowest BCUT2D eigenvalue weighted by molar-refractivity contribution is -0.137. The largest absolute Gasteiger partial charge is 0.493 e. The number of aromatic hydroxyl groups is 1. The maximum atomic E-state index is 12.3. The molecule has 1 amide bonds. The van der Waals surface area contributed by atoms with E-state index in [2.05, 4.69) is 4.99 Å². The van der Waals surface area contributed by atoms with Crippen molar-refractivity contribution < 1.29 is 29.3 Å². The van der Waals surface area contributed by atoms with E-state index in [0.29, 0.717) is 22.1 Å². The number of nitrogens with zero attached hydrogens (tertiary/aromatic N) is 2. The zero-order chi connectivity index (χ0) is 18.4. The Morgan fingerprint density at radius 2 is 2.12 bits per heavy atom. The second kappa shape index (κ2) is 6.07. The number of carboxylic acids is 1. The molecule has 0 bridgehead atoms. The fraction of sp³-hybridized carbons (Fsp3) is 0.125. The van der Waals surface area contributed by atoms with Gasteiger partial charge in [0.15, 0.2) is 15.5 Å². The Balaban J connectivity index is 1.81. The highest BCUT2D eigenvalue weighted by Crippen LogP contribution is 2.30. The third-order valence-electron chi connectivity index (χ3n) is 3.78. The van der Waals surface area contributed by atoms with E-state index in [9.17, 15) is 14.7 Å². The van der Waals surface area contributed by atoms with Crippen LogP contribution >= 0.6 is 23.6 Å². The lowest BCUT2D eigenvalue weighted by atomic mass is 10.1. The highest BCUT2D eigenvalue weighted by atomic mass is 32.1. The number of carboxylic acid groups (broad SMARTS) is 1. The second-order valence-electron chi connectivity index (χ2n) is 5.46. The second-order valence-corrected chi connectivity index (χ2v) is 7.14. The van der Waals surface area contributed by atoms with E-state index in [1.54, 1.807) is 18.2 Å². The molecule has 1 aromatic heterocycles. The molecule has 3 heterocycles. The van der Waals surface area contributed by atoms with Gasteiger partial charge in [-0.05, 0) is 30.4 Å². The van der Waals surface area contributed by atoms with Crippen molar-refractivity contribution in [3.63, 3.8) is 0 Å².